The first-order chi connectivity index (χ1) is 13.4. The van der Waals surface area contributed by atoms with Gasteiger partial charge in [0, 0.05) is 44.0 Å². The Labute approximate surface area is 166 Å². The Morgan fingerprint density at radius 1 is 1.14 bits per heavy atom. The first-order valence-electron chi connectivity index (χ1n) is 8.89. The van der Waals surface area contributed by atoms with E-state index in [1.165, 1.54) is 30.3 Å². The number of carbonyl (C=O) groups is 1. The molecule has 0 aliphatic carbocycles. The second kappa shape index (κ2) is 8.99. The van der Waals surface area contributed by atoms with E-state index < -0.39 is 4.92 Å². The lowest BCUT2D eigenvalue weighted by Crippen LogP contribution is -2.36. The molecule has 0 bridgehead atoms. The van der Waals surface area contributed by atoms with Crippen LogP contribution < -0.4 is 10.2 Å². The molecule has 0 unspecified atom stereocenters. The van der Waals surface area contributed by atoms with E-state index >= 15 is 0 Å². The van der Waals surface area contributed by atoms with E-state index in [1.807, 2.05) is 4.90 Å². The van der Waals surface area contributed by atoms with E-state index in [-0.39, 0.29) is 29.0 Å². The molecule has 1 heterocycles. The molecule has 0 saturated carbocycles. The number of amides is 1. The molecule has 0 atom stereocenters. The van der Waals surface area contributed by atoms with Crippen LogP contribution in [0.4, 0.5) is 21.5 Å². The third-order valence-corrected chi connectivity index (χ3v) is 4.90. The molecule has 0 radical (unpaired) electrons. The molecule has 1 fully saturated rings. The molecule has 7 nitrogen and oxygen atoms in total. The van der Waals surface area contributed by atoms with Crippen LogP contribution >= 0.6 is 11.6 Å². The van der Waals surface area contributed by atoms with Gasteiger partial charge in [0.05, 0.1) is 22.2 Å². The maximum atomic E-state index is 13.1. The van der Waals surface area contributed by atoms with Gasteiger partial charge in [-0.1, -0.05) is 11.6 Å². The minimum Gasteiger partial charge on any atom is -0.370 e. The number of benzene rings is 2. The number of anilines is 2. The highest BCUT2D eigenvalue weighted by molar-refractivity contribution is 6.34. The van der Waals surface area contributed by atoms with Crippen LogP contribution in [0.5, 0.6) is 0 Å². The molecule has 2 aromatic carbocycles. The molecule has 28 heavy (non-hydrogen) atoms. The standard InChI is InChI=1S/C19H20ClFN4O3/c20-17-12-16(25(27)28)6-7-18(17)22-19(26)13-23-8-1-9-24(11-10-23)15-4-2-14(21)3-5-15/h2-7,12H,1,8-11,13H2,(H,22,26). The van der Waals surface area contributed by atoms with Gasteiger partial charge in [0.1, 0.15) is 5.82 Å². The van der Waals surface area contributed by atoms with Crippen LogP contribution in [0.1, 0.15) is 6.42 Å². The normalized spacial score (nSPS) is 15.1. The highest BCUT2D eigenvalue weighted by Crippen LogP contribution is 2.26. The summed E-state index contributed by atoms with van der Waals surface area (Å²) in [6.07, 6.45) is 0.878. The fourth-order valence-electron chi connectivity index (χ4n) is 3.15. The van der Waals surface area contributed by atoms with Crippen LogP contribution in [0.25, 0.3) is 0 Å². The Morgan fingerprint density at radius 3 is 2.57 bits per heavy atom. The summed E-state index contributed by atoms with van der Waals surface area (Å²) in [7, 11) is 0. The summed E-state index contributed by atoms with van der Waals surface area (Å²) in [6, 6.07) is 10.3. The summed E-state index contributed by atoms with van der Waals surface area (Å²) < 4.78 is 13.1. The van der Waals surface area contributed by atoms with Gasteiger partial charge in [-0.05, 0) is 36.8 Å². The lowest BCUT2D eigenvalue weighted by Gasteiger charge is -2.23. The fraction of sp³-hybridized carbons (Fsp3) is 0.316. The average Bonchev–Trinajstić information content (AvgIpc) is 2.89. The second-order valence-electron chi connectivity index (χ2n) is 6.56. The lowest BCUT2D eigenvalue weighted by atomic mass is 10.2. The third-order valence-electron chi connectivity index (χ3n) is 4.59. The molecular formula is C19H20ClFN4O3. The molecule has 1 saturated heterocycles. The van der Waals surface area contributed by atoms with Gasteiger partial charge in [-0.3, -0.25) is 19.8 Å². The van der Waals surface area contributed by atoms with Crippen LogP contribution in [0, 0.1) is 15.9 Å². The summed E-state index contributed by atoms with van der Waals surface area (Å²) in [4.78, 5) is 26.8. The van der Waals surface area contributed by atoms with Crippen molar-refractivity contribution in [2.45, 2.75) is 6.42 Å². The van der Waals surface area contributed by atoms with Gasteiger partial charge >= 0.3 is 0 Å². The number of nitro benzene ring substituents is 1. The number of halogens is 2. The molecular weight excluding hydrogens is 387 g/mol. The van der Waals surface area contributed by atoms with E-state index in [2.05, 4.69) is 10.2 Å². The third kappa shape index (κ3) is 5.17. The highest BCUT2D eigenvalue weighted by Gasteiger charge is 2.18. The van der Waals surface area contributed by atoms with Gasteiger partial charge < -0.3 is 10.2 Å². The molecule has 1 amide bonds. The van der Waals surface area contributed by atoms with Crippen molar-refractivity contribution in [2.24, 2.45) is 0 Å². The maximum Gasteiger partial charge on any atom is 0.271 e. The zero-order valence-corrected chi connectivity index (χ0v) is 15.9. The van der Waals surface area contributed by atoms with Gasteiger partial charge in [-0.25, -0.2) is 4.39 Å². The summed E-state index contributed by atoms with van der Waals surface area (Å²) >= 11 is 6.02. The van der Waals surface area contributed by atoms with Crippen molar-refractivity contribution in [3.63, 3.8) is 0 Å². The highest BCUT2D eigenvalue weighted by atomic mass is 35.5. The minimum absolute atomic E-state index is 0.126. The Kier molecular flexibility index (Phi) is 6.43. The van der Waals surface area contributed by atoms with Gasteiger partial charge in [0.25, 0.3) is 5.69 Å². The molecule has 0 aromatic heterocycles. The van der Waals surface area contributed by atoms with E-state index in [4.69, 9.17) is 11.6 Å². The Morgan fingerprint density at radius 2 is 1.89 bits per heavy atom. The summed E-state index contributed by atoms with van der Waals surface area (Å²) in [5.41, 5.74) is 1.18. The van der Waals surface area contributed by atoms with Crippen molar-refractivity contribution in [1.29, 1.82) is 0 Å². The van der Waals surface area contributed by atoms with Crippen LogP contribution in [0.3, 0.4) is 0 Å². The van der Waals surface area contributed by atoms with Gasteiger partial charge in [0.15, 0.2) is 0 Å². The number of non-ortho nitro benzene ring substituents is 1. The smallest absolute Gasteiger partial charge is 0.271 e. The Balaban J connectivity index is 1.55. The molecule has 1 N–H and O–H groups in total. The molecule has 3 rings (SSSR count). The number of nitrogens with one attached hydrogen (secondary N) is 1. The molecule has 9 heteroatoms. The van der Waals surface area contributed by atoms with E-state index in [9.17, 15) is 19.3 Å². The number of nitrogens with zero attached hydrogens (tertiary/aromatic N) is 3. The van der Waals surface area contributed by atoms with Gasteiger partial charge in [-0.2, -0.15) is 0 Å². The van der Waals surface area contributed by atoms with E-state index in [1.54, 1.807) is 12.1 Å². The largest absolute Gasteiger partial charge is 0.370 e. The van der Waals surface area contributed by atoms with Crippen molar-refractivity contribution in [2.75, 3.05) is 42.9 Å². The number of hydrogen-bond acceptors (Lipinski definition) is 5. The Bertz CT molecular complexity index is 863. The quantitative estimate of drug-likeness (QED) is 0.607. The van der Waals surface area contributed by atoms with Gasteiger partial charge in [0.2, 0.25) is 5.91 Å². The number of nitro groups is 1. The first kappa shape index (κ1) is 20.0. The zero-order chi connectivity index (χ0) is 20.1. The predicted octanol–water partition coefficient (Wildman–Crippen LogP) is 3.54. The van der Waals surface area contributed by atoms with Crippen LogP contribution in [0.2, 0.25) is 5.02 Å². The van der Waals surface area contributed by atoms with Gasteiger partial charge in [-0.15, -0.1) is 0 Å². The fourth-order valence-corrected chi connectivity index (χ4v) is 3.37. The van der Waals surface area contributed by atoms with E-state index in [0.29, 0.717) is 12.2 Å². The van der Waals surface area contributed by atoms with Crippen molar-refractivity contribution in [1.82, 2.24) is 4.90 Å². The second-order valence-corrected chi connectivity index (χ2v) is 6.97. The number of rotatable bonds is 5. The van der Waals surface area contributed by atoms with Crippen LogP contribution in [-0.2, 0) is 4.79 Å². The molecule has 1 aliphatic rings. The number of hydrogen-bond donors (Lipinski definition) is 1. The summed E-state index contributed by atoms with van der Waals surface area (Å²) in [5.74, 6) is -0.493. The number of carbonyl (C=O) groups excluding carboxylic acids is 1. The topological polar surface area (TPSA) is 78.7 Å². The maximum absolute atomic E-state index is 13.1. The molecule has 0 spiro atoms. The summed E-state index contributed by atoms with van der Waals surface area (Å²) in [6.45, 7) is 3.22. The van der Waals surface area contributed by atoms with Crippen LogP contribution in [-0.4, -0.2) is 48.5 Å². The average molecular weight is 407 g/mol. The van der Waals surface area contributed by atoms with E-state index in [0.717, 1.165) is 31.7 Å². The molecule has 148 valence electrons. The Hall–Kier alpha value is -2.71. The van der Waals surface area contributed by atoms with Crippen LogP contribution in [0.15, 0.2) is 42.5 Å². The zero-order valence-electron chi connectivity index (χ0n) is 15.1. The predicted molar refractivity (Wildman–Crippen MR) is 106 cm³/mol. The SMILES string of the molecule is O=C(CN1CCCN(c2ccc(F)cc2)CC1)Nc1ccc([N+](=O)[O-])cc1Cl. The first-order valence-corrected chi connectivity index (χ1v) is 9.27. The van der Waals surface area contributed by atoms with Crippen molar-refractivity contribution in [3.05, 3.63) is 63.4 Å². The monoisotopic (exact) mass is 406 g/mol. The summed E-state index contributed by atoms with van der Waals surface area (Å²) in [5, 5.41) is 13.6. The van der Waals surface area contributed by atoms with Crippen molar-refractivity contribution >= 4 is 34.6 Å². The lowest BCUT2D eigenvalue weighted by molar-refractivity contribution is -0.384. The van der Waals surface area contributed by atoms with Crippen molar-refractivity contribution < 1.29 is 14.1 Å². The molecule has 1 aliphatic heterocycles. The minimum atomic E-state index is -0.540. The van der Waals surface area contributed by atoms with Crippen molar-refractivity contribution in [3.8, 4) is 0 Å². The molecule has 2 aromatic rings.